The number of alkyl carbamates (subject to hydrolysis) is 1. The topological polar surface area (TPSA) is 229 Å². The summed E-state index contributed by atoms with van der Waals surface area (Å²) in [7, 11) is 1.87. The number of Topliss-reactive ketones (excluding diaryl/α,β-unsaturated/α-hetero) is 1. The van der Waals surface area contributed by atoms with Crippen molar-refractivity contribution in [2.75, 3.05) is 30.0 Å². The molecule has 0 bridgehead atoms. The molecule has 74 heavy (non-hydrogen) atoms. The molecule has 2 aromatic heterocycles. The summed E-state index contributed by atoms with van der Waals surface area (Å²) in [6.07, 6.45) is 25.8. The first kappa shape index (κ1) is 57.9. The van der Waals surface area contributed by atoms with E-state index in [1.807, 2.05) is 11.9 Å². The highest BCUT2D eigenvalue weighted by atomic mass is 16.6. The highest BCUT2D eigenvalue weighted by molar-refractivity contribution is 5.98. The smallest absolute Gasteiger partial charge is 0.407 e. The highest BCUT2D eigenvalue weighted by Crippen LogP contribution is 2.67. The predicted octanol–water partition coefficient (Wildman–Crippen LogP) is 12.0. The minimum absolute atomic E-state index is 0.0312. The Morgan fingerprint density at radius 2 is 1.59 bits per heavy atom. The number of fused-ring (bicyclic) bond motifs is 6. The number of nitrogens with one attached hydrogen (secondary N) is 2. The lowest BCUT2D eigenvalue weighted by Crippen LogP contribution is -2.51. The SMILES string of the molecule is CCCCCCCCC(=O)[C@H](CCC(=O)O)NC(=O)c1ccc(N(C)Cc2cnc3nc(N)nc(N)c3n2)cc1.CCCNC(=O)O[C@H]1CC[C@@]2(C)C(=CC[C@H]3[C@@H]4CC[C@H]([C@H](C)CCCC(C)C)[C@@]4(C)CC[C@@H]32)C1. The van der Waals surface area contributed by atoms with E-state index in [4.69, 9.17) is 21.3 Å². The number of nitrogens with zero attached hydrogens (tertiary/aromatic N) is 5. The van der Waals surface area contributed by atoms with Crippen LogP contribution in [0.1, 0.15) is 199 Å². The van der Waals surface area contributed by atoms with E-state index >= 15 is 0 Å². The third-order valence-corrected chi connectivity index (χ3v) is 17.6. The van der Waals surface area contributed by atoms with Crippen molar-refractivity contribution in [3.63, 3.8) is 0 Å². The first-order valence-electron chi connectivity index (χ1n) is 28.4. The molecule has 0 saturated heterocycles. The molecule has 2 heterocycles. The number of carbonyl (C=O) groups excluding carboxylic acids is 3. The number of carboxylic acids is 1. The molecule has 408 valence electrons. The van der Waals surface area contributed by atoms with Crippen LogP contribution in [0, 0.1) is 46.3 Å². The molecule has 7 N–H and O–H groups in total. The van der Waals surface area contributed by atoms with Crippen molar-refractivity contribution in [1.82, 2.24) is 30.6 Å². The summed E-state index contributed by atoms with van der Waals surface area (Å²) in [6.45, 7) is 17.9. The van der Waals surface area contributed by atoms with E-state index in [-0.39, 0.29) is 42.6 Å². The first-order valence-corrected chi connectivity index (χ1v) is 28.4. The fourth-order valence-corrected chi connectivity index (χ4v) is 13.5. The number of aromatic nitrogens is 4. The molecule has 15 nitrogen and oxygen atoms in total. The number of rotatable bonds is 24. The number of amides is 2. The van der Waals surface area contributed by atoms with Gasteiger partial charge < -0.3 is 36.8 Å². The normalized spacial score (nSPS) is 24.8. The summed E-state index contributed by atoms with van der Waals surface area (Å²) in [5.41, 5.74) is 16.5. The van der Waals surface area contributed by atoms with Crippen LogP contribution in [0.3, 0.4) is 0 Å². The van der Waals surface area contributed by atoms with E-state index in [1.54, 1.807) is 36.0 Å². The maximum absolute atomic E-state index is 12.9. The van der Waals surface area contributed by atoms with E-state index in [0.29, 0.717) is 52.8 Å². The Labute approximate surface area is 442 Å². The van der Waals surface area contributed by atoms with Gasteiger partial charge in [-0.3, -0.25) is 14.4 Å². The monoisotopic (exact) mass is 1020 g/mol. The number of aliphatic carboxylic acids is 1. The second-order valence-corrected chi connectivity index (χ2v) is 23.3. The number of hydrogen-bond donors (Lipinski definition) is 5. The third-order valence-electron chi connectivity index (χ3n) is 17.6. The molecule has 4 aliphatic carbocycles. The van der Waals surface area contributed by atoms with Crippen LogP contribution in [0.2, 0.25) is 0 Å². The molecule has 0 unspecified atom stereocenters. The van der Waals surface area contributed by atoms with Crippen LogP contribution >= 0.6 is 0 Å². The van der Waals surface area contributed by atoms with Crippen molar-refractivity contribution in [3.8, 4) is 0 Å². The standard InChI is InChI=1S/C31H53NO2.C28H38N8O4/c1-7-19-32-29(33)34-24-15-17-30(5)23(20-24)11-12-25-27-14-13-26(22(4)10-8-9-21(2)3)31(27,6)18-16-28(25)30;1-3-4-5-6-7-8-9-22(37)21(14-15-23(38)39)33-27(40)18-10-12-20(13-11-18)36(2)17-19-16-31-26-24(32-19)25(29)34-28(30)35-26/h11,21-22,24-28H,7-10,12-20H2,1-6H3,(H,32,33);10-13,16,21H,3-9,14-15,17H2,1-2H3,(H,33,40)(H,38,39)(H4,29,30,31,34,35)/t22-,24+,25+,26-,27+,28+,30+,31-;21-/m10/s1. The zero-order chi connectivity index (χ0) is 53.6. The number of carbonyl (C=O) groups is 4. The van der Waals surface area contributed by atoms with Crippen LogP contribution in [-0.4, -0.2) is 74.5 Å². The van der Waals surface area contributed by atoms with Crippen LogP contribution in [-0.2, 0) is 20.9 Å². The van der Waals surface area contributed by atoms with E-state index in [9.17, 15) is 19.2 Å². The highest BCUT2D eigenvalue weighted by Gasteiger charge is 2.59. The summed E-state index contributed by atoms with van der Waals surface area (Å²) >= 11 is 0. The molecule has 3 fully saturated rings. The van der Waals surface area contributed by atoms with Crippen molar-refractivity contribution in [2.45, 2.75) is 202 Å². The summed E-state index contributed by atoms with van der Waals surface area (Å²) < 4.78 is 5.81. The van der Waals surface area contributed by atoms with Gasteiger partial charge in [0, 0.05) is 44.1 Å². The van der Waals surface area contributed by atoms with Gasteiger partial charge in [-0.15, -0.1) is 0 Å². The zero-order valence-corrected chi connectivity index (χ0v) is 46.2. The van der Waals surface area contributed by atoms with Gasteiger partial charge in [0.1, 0.15) is 6.10 Å². The van der Waals surface area contributed by atoms with Gasteiger partial charge in [0.05, 0.1) is 24.5 Å². The number of nitrogens with two attached hydrogens (primary N) is 2. The van der Waals surface area contributed by atoms with E-state index in [0.717, 1.165) is 92.6 Å². The number of carboxylic acid groups (broad SMARTS) is 1. The molecule has 15 heteroatoms. The maximum atomic E-state index is 12.9. The number of anilines is 3. The summed E-state index contributed by atoms with van der Waals surface area (Å²) in [5.74, 6) is 3.87. The van der Waals surface area contributed by atoms with Gasteiger partial charge in [-0.2, -0.15) is 9.97 Å². The molecule has 3 aromatic rings. The number of benzene rings is 1. The van der Waals surface area contributed by atoms with E-state index < -0.39 is 17.9 Å². The molecule has 4 aliphatic rings. The van der Waals surface area contributed by atoms with Gasteiger partial charge >= 0.3 is 12.1 Å². The zero-order valence-electron chi connectivity index (χ0n) is 46.2. The minimum atomic E-state index is -1.01. The lowest BCUT2D eigenvalue weighted by atomic mass is 9.47. The first-order chi connectivity index (χ1) is 35.4. The fourth-order valence-electron chi connectivity index (χ4n) is 13.5. The van der Waals surface area contributed by atoms with E-state index in [2.05, 4.69) is 85.1 Å². The Morgan fingerprint density at radius 1 is 0.851 bits per heavy atom. The molecule has 3 saturated carbocycles. The molecule has 2 amide bonds. The number of allylic oxidation sites excluding steroid dienone is 1. The molecule has 0 radical (unpaired) electrons. The molecule has 0 spiro atoms. The van der Waals surface area contributed by atoms with Crippen LogP contribution in [0.5, 0.6) is 0 Å². The van der Waals surface area contributed by atoms with Crippen LogP contribution in [0.15, 0.2) is 42.1 Å². The van der Waals surface area contributed by atoms with Gasteiger partial charge in [-0.05, 0) is 135 Å². The molecule has 0 aliphatic heterocycles. The van der Waals surface area contributed by atoms with Crippen molar-refractivity contribution < 1.29 is 29.0 Å². The minimum Gasteiger partial charge on any atom is -0.481 e. The largest absolute Gasteiger partial charge is 0.481 e. The number of nitrogen functional groups attached to an aromatic ring is 2. The number of ether oxygens (including phenoxy) is 1. The van der Waals surface area contributed by atoms with Crippen LogP contribution in [0.4, 0.5) is 22.2 Å². The molecular weight excluding hydrogens is 931 g/mol. The quantitative estimate of drug-likeness (QED) is 0.0416. The van der Waals surface area contributed by atoms with Crippen molar-refractivity contribution >= 4 is 52.4 Å². The second kappa shape index (κ2) is 26.9. The molecule has 9 atom stereocenters. The Kier molecular flexibility index (Phi) is 21.1. The number of hydrogen-bond acceptors (Lipinski definition) is 12. The molecule has 1 aromatic carbocycles. The Hall–Kier alpha value is -5.34. The third kappa shape index (κ3) is 14.9. The van der Waals surface area contributed by atoms with Crippen LogP contribution < -0.4 is 27.0 Å². The predicted molar refractivity (Wildman–Crippen MR) is 295 cm³/mol. The fraction of sp³-hybridized carbons (Fsp3) is 0.695. The average molecular weight is 1020 g/mol. The summed E-state index contributed by atoms with van der Waals surface area (Å²) in [6, 6.07) is 6.06. The van der Waals surface area contributed by atoms with Gasteiger partial charge in [0.25, 0.3) is 5.91 Å². The summed E-state index contributed by atoms with van der Waals surface area (Å²) in [5, 5.41) is 14.7. The van der Waals surface area contributed by atoms with Gasteiger partial charge in [0.2, 0.25) is 5.95 Å². The maximum Gasteiger partial charge on any atom is 0.407 e. The molecular formula is C59H91N9O6. The van der Waals surface area contributed by atoms with Crippen molar-refractivity contribution in [2.24, 2.45) is 46.3 Å². The number of ketones is 1. The average Bonchev–Trinajstić information content (AvgIpc) is 3.73. The lowest BCUT2D eigenvalue weighted by molar-refractivity contribution is -0.137. The Balaban J connectivity index is 0.000000244. The van der Waals surface area contributed by atoms with E-state index in [1.165, 1.54) is 64.2 Å². The van der Waals surface area contributed by atoms with Gasteiger partial charge in [0.15, 0.2) is 22.8 Å². The molecule has 7 rings (SSSR count). The van der Waals surface area contributed by atoms with Crippen molar-refractivity contribution in [3.05, 3.63) is 53.4 Å². The summed E-state index contributed by atoms with van der Waals surface area (Å²) in [4.78, 5) is 67.6. The van der Waals surface area contributed by atoms with Crippen molar-refractivity contribution in [1.29, 1.82) is 0 Å². The van der Waals surface area contributed by atoms with Gasteiger partial charge in [-0.1, -0.05) is 111 Å². The van der Waals surface area contributed by atoms with Gasteiger partial charge in [-0.25, -0.2) is 14.8 Å². The Morgan fingerprint density at radius 3 is 2.31 bits per heavy atom. The number of unbranched alkanes of at least 4 members (excludes halogenated alkanes) is 5. The Bertz CT molecular complexity index is 2380. The second-order valence-electron chi connectivity index (χ2n) is 23.3. The lowest BCUT2D eigenvalue weighted by Gasteiger charge is -2.58. The van der Waals surface area contributed by atoms with Crippen LogP contribution in [0.25, 0.3) is 11.2 Å².